The lowest BCUT2D eigenvalue weighted by Crippen LogP contribution is -2.42. The fraction of sp³-hybridized carbons (Fsp3) is 0.571. The predicted octanol–water partition coefficient (Wildman–Crippen LogP) is 1.60. The summed E-state index contributed by atoms with van der Waals surface area (Å²) < 4.78 is 11.5. The molecule has 0 saturated carbocycles. The van der Waals surface area contributed by atoms with Gasteiger partial charge in [-0.25, -0.2) is 0 Å². The molecule has 1 aromatic carbocycles. The van der Waals surface area contributed by atoms with E-state index in [1.54, 1.807) is 0 Å². The van der Waals surface area contributed by atoms with Gasteiger partial charge in [-0.15, -0.1) is 0 Å². The number of morpholine rings is 1. The van der Waals surface area contributed by atoms with E-state index in [0.29, 0.717) is 12.3 Å². The van der Waals surface area contributed by atoms with E-state index in [-0.39, 0.29) is 6.10 Å². The van der Waals surface area contributed by atoms with Gasteiger partial charge in [0.1, 0.15) is 18.5 Å². The van der Waals surface area contributed by atoms with E-state index in [9.17, 15) is 0 Å². The minimum Gasteiger partial charge on any atom is -0.488 e. The van der Waals surface area contributed by atoms with E-state index in [4.69, 9.17) is 15.2 Å². The second-order valence-corrected chi connectivity index (χ2v) is 5.07. The molecule has 1 heterocycles. The lowest BCUT2D eigenvalue weighted by atomic mass is 10.1. The molecule has 0 aliphatic carbocycles. The summed E-state index contributed by atoms with van der Waals surface area (Å²) in [5.74, 6) is 0.789. The van der Waals surface area contributed by atoms with Crippen molar-refractivity contribution in [2.45, 2.75) is 20.0 Å². The number of nitrogen functional groups attached to an aromatic ring is 1. The topological polar surface area (TPSA) is 47.7 Å². The van der Waals surface area contributed by atoms with Gasteiger partial charge >= 0.3 is 0 Å². The molecule has 1 aliphatic heterocycles. The van der Waals surface area contributed by atoms with Crippen LogP contribution in [-0.4, -0.2) is 44.4 Å². The van der Waals surface area contributed by atoms with Crippen molar-refractivity contribution < 1.29 is 9.47 Å². The summed E-state index contributed by atoms with van der Waals surface area (Å²) >= 11 is 0. The highest BCUT2D eigenvalue weighted by molar-refractivity contribution is 5.58. The zero-order chi connectivity index (χ0) is 13.1. The average molecular weight is 250 g/mol. The van der Waals surface area contributed by atoms with Crippen molar-refractivity contribution in [3.05, 3.63) is 23.3 Å². The Morgan fingerprint density at radius 2 is 2.22 bits per heavy atom. The zero-order valence-electron chi connectivity index (χ0n) is 11.4. The van der Waals surface area contributed by atoms with Crippen LogP contribution in [0.25, 0.3) is 0 Å². The summed E-state index contributed by atoms with van der Waals surface area (Å²) in [5.41, 5.74) is 8.93. The Balaban J connectivity index is 1.97. The van der Waals surface area contributed by atoms with Crippen molar-refractivity contribution in [3.8, 4) is 5.75 Å². The van der Waals surface area contributed by atoms with Crippen LogP contribution >= 0.6 is 0 Å². The lowest BCUT2D eigenvalue weighted by Gasteiger charge is -2.30. The number of hydrogen-bond donors (Lipinski definition) is 1. The number of nitrogens with zero attached hydrogens (tertiary/aromatic N) is 1. The molecule has 0 radical (unpaired) electrons. The van der Waals surface area contributed by atoms with Crippen LogP contribution in [0.15, 0.2) is 12.1 Å². The number of ether oxygens (including phenoxy) is 2. The van der Waals surface area contributed by atoms with Crippen molar-refractivity contribution in [1.82, 2.24) is 4.90 Å². The Labute approximate surface area is 109 Å². The SMILES string of the molecule is Cc1cc(C)c(OCC2CN(C)CCO2)c(N)c1. The van der Waals surface area contributed by atoms with Crippen LogP contribution in [0.1, 0.15) is 11.1 Å². The number of anilines is 1. The highest BCUT2D eigenvalue weighted by atomic mass is 16.5. The fourth-order valence-corrected chi connectivity index (χ4v) is 2.33. The molecule has 1 saturated heterocycles. The molecule has 4 heteroatoms. The molecule has 18 heavy (non-hydrogen) atoms. The first kappa shape index (κ1) is 13.2. The maximum absolute atomic E-state index is 5.99. The van der Waals surface area contributed by atoms with Crippen LogP contribution in [0.5, 0.6) is 5.75 Å². The Morgan fingerprint density at radius 3 is 2.89 bits per heavy atom. The standard InChI is InChI=1S/C14H22N2O2/c1-10-6-11(2)14(13(15)7-10)18-9-12-8-16(3)4-5-17-12/h6-7,12H,4-5,8-9,15H2,1-3H3. The fourth-order valence-electron chi connectivity index (χ4n) is 2.33. The van der Waals surface area contributed by atoms with Gasteiger partial charge in [0.05, 0.1) is 12.3 Å². The van der Waals surface area contributed by atoms with E-state index in [0.717, 1.165) is 36.6 Å². The molecule has 0 bridgehead atoms. The average Bonchev–Trinajstić information content (AvgIpc) is 2.27. The number of benzene rings is 1. The zero-order valence-corrected chi connectivity index (χ0v) is 11.4. The van der Waals surface area contributed by atoms with Gasteiger partial charge in [0.2, 0.25) is 0 Å². The summed E-state index contributed by atoms with van der Waals surface area (Å²) in [7, 11) is 2.10. The third-order valence-electron chi connectivity index (χ3n) is 3.20. The van der Waals surface area contributed by atoms with Gasteiger partial charge in [0.15, 0.2) is 0 Å². The minimum absolute atomic E-state index is 0.129. The maximum atomic E-state index is 5.99. The van der Waals surface area contributed by atoms with E-state index in [1.807, 2.05) is 19.9 Å². The Kier molecular flexibility index (Phi) is 4.09. The predicted molar refractivity (Wildman–Crippen MR) is 73.1 cm³/mol. The number of likely N-dealkylation sites (N-methyl/N-ethyl adjacent to an activating group) is 1. The third-order valence-corrected chi connectivity index (χ3v) is 3.20. The first-order chi connectivity index (χ1) is 8.56. The van der Waals surface area contributed by atoms with Gasteiger partial charge < -0.3 is 20.1 Å². The smallest absolute Gasteiger partial charge is 0.145 e. The summed E-state index contributed by atoms with van der Waals surface area (Å²) in [4.78, 5) is 2.25. The largest absolute Gasteiger partial charge is 0.488 e. The molecule has 4 nitrogen and oxygen atoms in total. The Hall–Kier alpha value is -1.26. The molecule has 0 amide bonds. The van der Waals surface area contributed by atoms with Crippen molar-refractivity contribution in [2.75, 3.05) is 39.1 Å². The van der Waals surface area contributed by atoms with Crippen molar-refractivity contribution in [1.29, 1.82) is 0 Å². The van der Waals surface area contributed by atoms with Crippen molar-refractivity contribution in [3.63, 3.8) is 0 Å². The van der Waals surface area contributed by atoms with Gasteiger partial charge in [-0.2, -0.15) is 0 Å². The Morgan fingerprint density at radius 1 is 1.44 bits per heavy atom. The van der Waals surface area contributed by atoms with E-state index < -0.39 is 0 Å². The second-order valence-electron chi connectivity index (χ2n) is 5.07. The number of aryl methyl sites for hydroxylation is 2. The summed E-state index contributed by atoms with van der Waals surface area (Å²) in [6.07, 6.45) is 0.129. The number of rotatable bonds is 3. The van der Waals surface area contributed by atoms with Gasteiger partial charge in [-0.1, -0.05) is 6.07 Å². The summed E-state index contributed by atoms with van der Waals surface area (Å²) in [6.45, 7) is 7.28. The molecule has 0 spiro atoms. The van der Waals surface area contributed by atoms with Gasteiger partial charge in [0, 0.05) is 13.1 Å². The van der Waals surface area contributed by atoms with Crippen molar-refractivity contribution in [2.24, 2.45) is 0 Å². The van der Waals surface area contributed by atoms with Crippen LogP contribution in [0.3, 0.4) is 0 Å². The molecule has 1 aromatic rings. The van der Waals surface area contributed by atoms with Crippen LogP contribution in [0, 0.1) is 13.8 Å². The van der Waals surface area contributed by atoms with Crippen LogP contribution in [-0.2, 0) is 4.74 Å². The van der Waals surface area contributed by atoms with Crippen molar-refractivity contribution >= 4 is 5.69 Å². The first-order valence-corrected chi connectivity index (χ1v) is 6.36. The number of nitrogens with two attached hydrogens (primary N) is 1. The lowest BCUT2D eigenvalue weighted by molar-refractivity contribution is -0.0403. The highest BCUT2D eigenvalue weighted by Crippen LogP contribution is 2.27. The van der Waals surface area contributed by atoms with E-state index in [2.05, 4.69) is 18.0 Å². The van der Waals surface area contributed by atoms with Crippen LogP contribution in [0.4, 0.5) is 5.69 Å². The van der Waals surface area contributed by atoms with E-state index >= 15 is 0 Å². The molecule has 1 unspecified atom stereocenters. The van der Waals surface area contributed by atoms with Gasteiger partial charge in [-0.3, -0.25) is 0 Å². The molecule has 100 valence electrons. The normalized spacial score (nSPS) is 20.9. The van der Waals surface area contributed by atoms with Crippen LogP contribution in [0.2, 0.25) is 0 Å². The summed E-state index contributed by atoms with van der Waals surface area (Å²) in [6, 6.07) is 4.02. The van der Waals surface area contributed by atoms with Gasteiger partial charge in [0.25, 0.3) is 0 Å². The van der Waals surface area contributed by atoms with Crippen LogP contribution < -0.4 is 10.5 Å². The van der Waals surface area contributed by atoms with Gasteiger partial charge in [-0.05, 0) is 38.1 Å². The molecule has 1 aliphatic rings. The quantitative estimate of drug-likeness (QED) is 0.828. The molecule has 1 atom stereocenters. The third kappa shape index (κ3) is 3.15. The highest BCUT2D eigenvalue weighted by Gasteiger charge is 2.19. The molecule has 1 fully saturated rings. The molecular formula is C14H22N2O2. The monoisotopic (exact) mass is 250 g/mol. The molecule has 2 rings (SSSR count). The van der Waals surface area contributed by atoms with E-state index in [1.165, 1.54) is 0 Å². The number of hydrogen-bond acceptors (Lipinski definition) is 4. The Bertz CT molecular complexity index is 397. The maximum Gasteiger partial charge on any atom is 0.145 e. The molecule has 2 N–H and O–H groups in total. The molecular weight excluding hydrogens is 228 g/mol. The second kappa shape index (κ2) is 5.59. The molecule has 0 aromatic heterocycles. The summed E-state index contributed by atoms with van der Waals surface area (Å²) in [5, 5.41) is 0. The minimum atomic E-state index is 0.129. The first-order valence-electron chi connectivity index (χ1n) is 6.36.